The van der Waals surface area contributed by atoms with Gasteiger partial charge in [-0.15, -0.1) is 0 Å². The van der Waals surface area contributed by atoms with Crippen LogP contribution in [0.3, 0.4) is 0 Å². The van der Waals surface area contributed by atoms with Crippen LogP contribution in [-0.4, -0.2) is 47.4 Å². The van der Waals surface area contributed by atoms with Crippen molar-refractivity contribution in [2.45, 2.75) is 38.1 Å². The SMILES string of the molecule is NC(=O)c1ncccc1NCC#Cc1cc2cc(CNC3CCOCC3)ccc2n1CC(F)(F)F. The second kappa shape index (κ2) is 10.8. The van der Waals surface area contributed by atoms with Crippen LogP contribution in [0, 0.1) is 11.8 Å². The lowest BCUT2D eigenvalue weighted by atomic mass is 10.1. The summed E-state index contributed by atoms with van der Waals surface area (Å²) in [6.07, 6.45) is -1.06. The summed E-state index contributed by atoms with van der Waals surface area (Å²) >= 11 is 0. The normalized spacial score (nSPS) is 14.5. The van der Waals surface area contributed by atoms with Crippen LogP contribution in [0.1, 0.15) is 34.6 Å². The average Bonchev–Trinajstić information content (AvgIpc) is 3.16. The number of primary amides is 1. The highest BCUT2D eigenvalue weighted by Gasteiger charge is 2.29. The summed E-state index contributed by atoms with van der Waals surface area (Å²) in [7, 11) is 0. The Morgan fingerprint density at radius 3 is 2.77 bits per heavy atom. The largest absolute Gasteiger partial charge is 0.406 e. The summed E-state index contributed by atoms with van der Waals surface area (Å²) < 4.78 is 46.5. The molecule has 4 N–H and O–H groups in total. The quantitative estimate of drug-likeness (QED) is 0.446. The van der Waals surface area contributed by atoms with Gasteiger partial charge in [0.2, 0.25) is 0 Å². The molecule has 2 aromatic heterocycles. The highest BCUT2D eigenvalue weighted by Crippen LogP contribution is 2.26. The van der Waals surface area contributed by atoms with Gasteiger partial charge in [-0.3, -0.25) is 4.79 Å². The molecule has 1 aliphatic heterocycles. The molecule has 0 spiro atoms. The molecule has 0 aliphatic carbocycles. The number of hydrogen-bond donors (Lipinski definition) is 3. The van der Waals surface area contributed by atoms with Gasteiger partial charge in [-0.05, 0) is 54.7 Å². The number of halogens is 3. The van der Waals surface area contributed by atoms with E-state index in [1.807, 2.05) is 12.1 Å². The maximum atomic E-state index is 13.3. The predicted octanol–water partition coefficient (Wildman–Crippen LogP) is 3.43. The van der Waals surface area contributed by atoms with Crippen LogP contribution in [0.5, 0.6) is 0 Å². The summed E-state index contributed by atoms with van der Waals surface area (Å²) in [4.78, 5) is 15.4. The number of amides is 1. The summed E-state index contributed by atoms with van der Waals surface area (Å²) in [5.74, 6) is 4.98. The van der Waals surface area contributed by atoms with Gasteiger partial charge in [0.25, 0.3) is 5.91 Å². The Kier molecular flexibility index (Phi) is 7.58. The molecule has 4 rings (SSSR count). The minimum absolute atomic E-state index is 0.0716. The molecule has 1 saturated heterocycles. The van der Waals surface area contributed by atoms with Crippen molar-refractivity contribution < 1.29 is 22.7 Å². The smallest absolute Gasteiger partial charge is 0.381 e. The number of rotatable bonds is 7. The summed E-state index contributed by atoms with van der Waals surface area (Å²) in [5, 5.41) is 7.12. The van der Waals surface area contributed by atoms with Crippen LogP contribution in [-0.2, 0) is 17.8 Å². The topological polar surface area (TPSA) is 94.2 Å². The van der Waals surface area contributed by atoms with E-state index in [9.17, 15) is 18.0 Å². The van der Waals surface area contributed by atoms with E-state index >= 15 is 0 Å². The van der Waals surface area contributed by atoms with E-state index < -0.39 is 18.6 Å². The fourth-order valence-corrected chi connectivity index (χ4v) is 4.07. The third-order valence-corrected chi connectivity index (χ3v) is 5.74. The molecule has 3 heterocycles. The van der Waals surface area contributed by atoms with Crippen LogP contribution in [0.15, 0.2) is 42.6 Å². The molecule has 7 nitrogen and oxygen atoms in total. The van der Waals surface area contributed by atoms with Crippen LogP contribution in [0.4, 0.5) is 18.9 Å². The molecule has 0 bridgehead atoms. The number of nitrogens with two attached hydrogens (primary N) is 1. The average molecular weight is 486 g/mol. The second-order valence-corrected chi connectivity index (χ2v) is 8.31. The maximum absolute atomic E-state index is 13.3. The summed E-state index contributed by atoms with van der Waals surface area (Å²) in [5.41, 5.74) is 7.51. The van der Waals surface area contributed by atoms with E-state index in [-0.39, 0.29) is 17.9 Å². The van der Waals surface area contributed by atoms with Crippen LogP contribution in [0.25, 0.3) is 10.9 Å². The third-order valence-electron chi connectivity index (χ3n) is 5.74. The van der Waals surface area contributed by atoms with E-state index in [1.165, 1.54) is 10.8 Å². The Balaban J connectivity index is 1.53. The first-order chi connectivity index (χ1) is 16.8. The molecule has 184 valence electrons. The van der Waals surface area contributed by atoms with E-state index in [2.05, 4.69) is 27.5 Å². The third kappa shape index (κ3) is 6.53. The molecule has 0 unspecified atom stereocenters. The fourth-order valence-electron chi connectivity index (χ4n) is 4.07. The number of ether oxygens (including phenoxy) is 1. The molecule has 0 saturated carbocycles. The van der Waals surface area contributed by atoms with Gasteiger partial charge in [0.05, 0.1) is 17.9 Å². The number of fused-ring (bicyclic) bond motifs is 1. The fraction of sp³-hybridized carbons (Fsp3) is 0.360. The minimum atomic E-state index is -4.39. The maximum Gasteiger partial charge on any atom is 0.406 e. The minimum Gasteiger partial charge on any atom is -0.381 e. The second-order valence-electron chi connectivity index (χ2n) is 8.31. The lowest BCUT2D eigenvalue weighted by Crippen LogP contribution is -2.34. The van der Waals surface area contributed by atoms with E-state index in [0.717, 1.165) is 31.6 Å². The number of alkyl halides is 3. The number of carbonyl (C=O) groups is 1. The van der Waals surface area contributed by atoms with Gasteiger partial charge in [0, 0.05) is 42.9 Å². The lowest BCUT2D eigenvalue weighted by Gasteiger charge is -2.23. The number of anilines is 1. The molecule has 1 amide bonds. The number of pyridine rings is 1. The zero-order chi connectivity index (χ0) is 24.8. The molecule has 10 heteroatoms. The first kappa shape index (κ1) is 24.6. The molecule has 1 fully saturated rings. The Bertz CT molecular complexity index is 1250. The molecular formula is C25H26F3N5O2. The van der Waals surface area contributed by atoms with Crippen molar-refractivity contribution in [1.29, 1.82) is 0 Å². The van der Waals surface area contributed by atoms with Crippen LogP contribution in [0.2, 0.25) is 0 Å². The van der Waals surface area contributed by atoms with Gasteiger partial charge in [0.15, 0.2) is 5.69 Å². The number of hydrogen-bond acceptors (Lipinski definition) is 5. The van der Waals surface area contributed by atoms with Crippen LogP contribution < -0.4 is 16.4 Å². The van der Waals surface area contributed by atoms with Gasteiger partial charge in [-0.25, -0.2) is 4.98 Å². The van der Waals surface area contributed by atoms with Gasteiger partial charge < -0.3 is 25.7 Å². The van der Waals surface area contributed by atoms with Crippen molar-refractivity contribution in [1.82, 2.24) is 14.9 Å². The molecule has 0 radical (unpaired) electrons. The van der Waals surface area contributed by atoms with Gasteiger partial charge in [-0.2, -0.15) is 13.2 Å². The molecule has 1 aliphatic rings. The molecule has 1 aromatic carbocycles. The van der Waals surface area contributed by atoms with Gasteiger partial charge in [-0.1, -0.05) is 12.0 Å². The Morgan fingerprint density at radius 1 is 1.23 bits per heavy atom. The molecule has 3 aromatic rings. The Morgan fingerprint density at radius 2 is 2.03 bits per heavy atom. The first-order valence-electron chi connectivity index (χ1n) is 11.3. The summed E-state index contributed by atoms with van der Waals surface area (Å²) in [6, 6.07) is 10.8. The number of carbonyl (C=O) groups excluding carboxylic acids is 1. The molecule has 0 atom stereocenters. The van der Waals surface area contributed by atoms with Gasteiger partial charge >= 0.3 is 6.18 Å². The zero-order valence-electron chi connectivity index (χ0n) is 19.0. The Hall–Kier alpha value is -3.55. The van der Waals surface area contributed by atoms with Crippen molar-refractivity contribution in [3.63, 3.8) is 0 Å². The van der Waals surface area contributed by atoms with E-state index in [1.54, 1.807) is 24.3 Å². The summed E-state index contributed by atoms with van der Waals surface area (Å²) in [6.45, 7) is 1.06. The predicted molar refractivity (Wildman–Crippen MR) is 127 cm³/mol. The zero-order valence-corrected chi connectivity index (χ0v) is 19.0. The highest BCUT2D eigenvalue weighted by atomic mass is 19.4. The first-order valence-corrected chi connectivity index (χ1v) is 11.3. The van der Waals surface area contributed by atoms with Crippen LogP contribution >= 0.6 is 0 Å². The number of nitrogens with one attached hydrogen (secondary N) is 2. The number of benzene rings is 1. The monoisotopic (exact) mass is 485 g/mol. The van der Waals surface area contributed by atoms with Crippen molar-refractivity contribution in [2.24, 2.45) is 5.73 Å². The van der Waals surface area contributed by atoms with E-state index in [0.29, 0.717) is 29.2 Å². The van der Waals surface area contributed by atoms with Crippen molar-refractivity contribution >= 4 is 22.5 Å². The lowest BCUT2D eigenvalue weighted by molar-refractivity contribution is -0.140. The highest BCUT2D eigenvalue weighted by molar-refractivity contribution is 5.96. The number of nitrogens with zero attached hydrogens (tertiary/aromatic N) is 2. The molecule has 35 heavy (non-hydrogen) atoms. The Labute approximate surface area is 200 Å². The van der Waals surface area contributed by atoms with Crippen molar-refractivity contribution in [2.75, 3.05) is 25.1 Å². The standard InChI is InChI=1S/C25H26F3N5O2/c26-25(27,28)16-33-20(3-1-9-30-21-4-2-10-31-23(21)24(29)34)14-18-13-17(5-6-22(18)33)15-32-19-7-11-35-12-8-19/h2,4-6,10,13-14,19,30,32H,7-9,11-12,15-16H2,(H2,29,34). The molecular weight excluding hydrogens is 459 g/mol. The van der Waals surface area contributed by atoms with E-state index in [4.69, 9.17) is 10.5 Å². The van der Waals surface area contributed by atoms with Crippen molar-refractivity contribution in [3.05, 3.63) is 59.5 Å². The number of aromatic nitrogens is 2. The van der Waals surface area contributed by atoms with Crippen molar-refractivity contribution in [3.8, 4) is 11.8 Å². The van der Waals surface area contributed by atoms with Gasteiger partial charge in [0.1, 0.15) is 6.54 Å².